The van der Waals surface area contributed by atoms with Crippen molar-refractivity contribution in [2.45, 2.75) is 12.3 Å². The van der Waals surface area contributed by atoms with E-state index >= 15 is 0 Å². The topological polar surface area (TPSA) is 18.5 Å². The number of thiophene rings is 1. The van der Waals surface area contributed by atoms with Gasteiger partial charge >= 0.3 is 0 Å². The second-order valence-electron chi connectivity index (χ2n) is 4.39. The average Bonchev–Trinajstić information content (AvgIpc) is 2.83. The number of alkyl halides is 1. The van der Waals surface area contributed by atoms with Crippen molar-refractivity contribution < 1.29 is 9.47 Å². The molecular formula is C14H12BrClO2S. The average molecular weight is 360 g/mol. The molecule has 0 bridgehead atoms. The third-order valence-corrected chi connectivity index (χ3v) is 5.14. The zero-order valence-electron chi connectivity index (χ0n) is 10.3. The van der Waals surface area contributed by atoms with Crippen LogP contribution in [0.25, 0.3) is 0 Å². The number of hydrogen-bond acceptors (Lipinski definition) is 3. The van der Waals surface area contributed by atoms with E-state index in [1.165, 1.54) is 5.56 Å². The lowest BCUT2D eigenvalue weighted by Gasteiger charge is -2.21. The second-order valence-corrected chi connectivity index (χ2v) is 6.42. The minimum absolute atomic E-state index is 0.184. The van der Waals surface area contributed by atoms with Gasteiger partial charge in [-0.15, -0.1) is 11.6 Å². The van der Waals surface area contributed by atoms with Crippen LogP contribution in [0.15, 0.2) is 27.4 Å². The highest BCUT2D eigenvalue weighted by Crippen LogP contribution is 2.42. The van der Waals surface area contributed by atoms with Crippen molar-refractivity contribution in [1.29, 1.82) is 0 Å². The number of ether oxygens (including phenoxy) is 2. The summed E-state index contributed by atoms with van der Waals surface area (Å²) in [7, 11) is 0. The maximum Gasteiger partial charge on any atom is 0.162 e. The molecule has 1 aromatic heterocycles. The van der Waals surface area contributed by atoms with Gasteiger partial charge < -0.3 is 9.47 Å². The molecule has 0 spiro atoms. The fraction of sp³-hybridized carbons (Fsp3) is 0.286. The molecule has 0 fully saturated rings. The lowest BCUT2D eigenvalue weighted by Crippen LogP contribution is -2.15. The molecule has 0 aliphatic carbocycles. The van der Waals surface area contributed by atoms with Crippen LogP contribution in [0, 0.1) is 6.92 Å². The van der Waals surface area contributed by atoms with Gasteiger partial charge in [-0.1, -0.05) is 15.9 Å². The first-order chi connectivity index (χ1) is 9.16. The molecule has 5 heteroatoms. The van der Waals surface area contributed by atoms with Gasteiger partial charge in [0.15, 0.2) is 11.5 Å². The van der Waals surface area contributed by atoms with Crippen LogP contribution >= 0.6 is 38.9 Å². The number of halogens is 2. The van der Waals surface area contributed by atoms with Crippen LogP contribution in [0.1, 0.15) is 22.1 Å². The summed E-state index contributed by atoms with van der Waals surface area (Å²) in [6.07, 6.45) is 0. The summed E-state index contributed by atoms with van der Waals surface area (Å²) in [4.78, 5) is 0. The Kier molecular flexibility index (Phi) is 3.74. The molecule has 3 rings (SSSR count). The Hall–Kier alpha value is -0.710. The Morgan fingerprint density at radius 1 is 1.16 bits per heavy atom. The van der Waals surface area contributed by atoms with Gasteiger partial charge in [0.25, 0.3) is 0 Å². The van der Waals surface area contributed by atoms with Crippen molar-refractivity contribution in [3.63, 3.8) is 0 Å². The van der Waals surface area contributed by atoms with Gasteiger partial charge in [-0.25, -0.2) is 0 Å². The molecule has 1 unspecified atom stereocenters. The van der Waals surface area contributed by atoms with Crippen LogP contribution in [-0.4, -0.2) is 13.2 Å². The molecule has 0 radical (unpaired) electrons. The Labute approximate surface area is 129 Å². The number of hydrogen-bond donors (Lipinski definition) is 0. The van der Waals surface area contributed by atoms with E-state index in [1.54, 1.807) is 11.3 Å². The summed E-state index contributed by atoms with van der Waals surface area (Å²) in [5.74, 6) is 1.54. The molecule has 2 heterocycles. The molecule has 1 atom stereocenters. The van der Waals surface area contributed by atoms with E-state index in [2.05, 4.69) is 33.6 Å². The van der Waals surface area contributed by atoms with E-state index in [-0.39, 0.29) is 5.38 Å². The zero-order valence-corrected chi connectivity index (χ0v) is 13.4. The normalized spacial score (nSPS) is 15.3. The monoisotopic (exact) mass is 358 g/mol. The van der Waals surface area contributed by atoms with E-state index in [0.717, 1.165) is 27.1 Å². The van der Waals surface area contributed by atoms with Crippen LogP contribution in [0.5, 0.6) is 11.5 Å². The minimum atomic E-state index is -0.184. The molecule has 0 N–H and O–H groups in total. The first-order valence-corrected chi connectivity index (χ1v) is 8.10. The maximum atomic E-state index is 6.61. The van der Waals surface area contributed by atoms with Crippen molar-refractivity contribution in [2.24, 2.45) is 0 Å². The van der Waals surface area contributed by atoms with Crippen molar-refractivity contribution in [2.75, 3.05) is 13.2 Å². The van der Waals surface area contributed by atoms with Gasteiger partial charge in [-0.3, -0.25) is 0 Å². The molecule has 2 nitrogen and oxygen atoms in total. The van der Waals surface area contributed by atoms with Crippen LogP contribution in [0.4, 0.5) is 0 Å². The van der Waals surface area contributed by atoms with Crippen molar-refractivity contribution in [1.82, 2.24) is 0 Å². The molecule has 0 saturated carbocycles. The largest absolute Gasteiger partial charge is 0.486 e. The third kappa shape index (κ3) is 2.49. The predicted octanol–water partition coefficient (Wildman–Crippen LogP) is 4.92. The third-order valence-electron chi connectivity index (χ3n) is 3.10. The Morgan fingerprint density at radius 2 is 1.84 bits per heavy atom. The quantitative estimate of drug-likeness (QED) is 0.709. The summed E-state index contributed by atoms with van der Waals surface area (Å²) in [5.41, 5.74) is 3.36. The van der Waals surface area contributed by atoms with E-state index < -0.39 is 0 Å². The Bertz CT molecular complexity index is 611. The summed E-state index contributed by atoms with van der Waals surface area (Å²) >= 11 is 11.8. The highest BCUT2D eigenvalue weighted by molar-refractivity contribution is 9.10. The van der Waals surface area contributed by atoms with E-state index in [9.17, 15) is 0 Å². The standard InChI is InChI=1S/C14H12BrClO2S/c1-8-6-19-7-10(8)14(16)9-4-12-13(5-11(9)15)18-3-2-17-12/h4-7,14H,2-3H2,1H3. The molecule has 1 aliphatic rings. The number of benzene rings is 1. The summed E-state index contributed by atoms with van der Waals surface area (Å²) in [6.45, 7) is 3.25. The van der Waals surface area contributed by atoms with Gasteiger partial charge in [0.1, 0.15) is 13.2 Å². The molecule has 2 aromatic rings. The fourth-order valence-electron chi connectivity index (χ4n) is 2.07. The molecule has 0 amide bonds. The summed E-state index contributed by atoms with van der Waals surface area (Å²) in [6, 6.07) is 3.90. The van der Waals surface area contributed by atoms with Crippen molar-refractivity contribution in [3.8, 4) is 11.5 Å². The number of fused-ring (bicyclic) bond motifs is 1. The molecule has 19 heavy (non-hydrogen) atoms. The van der Waals surface area contributed by atoms with Crippen LogP contribution < -0.4 is 9.47 Å². The molecular weight excluding hydrogens is 348 g/mol. The van der Waals surface area contributed by atoms with Gasteiger partial charge in [0.05, 0.1) is 5.38 Å². The van der Waals surface area contributed by atoms with E-state index in [1.807, 2.05) is 12.1 Å². The maximum absolute atomic E-state index is 6.61. The van der Waals surface area contributed by atoms with Crippen molar-refractivity contribution >= 4 is 38.9 Å². The highest BCUT2D eigenvalue weighted by Gasteiger charge is 2.21. The van der Waals surface area contributed by atoms with E-state index in [0.29, 0.717) is 13.2 Å². The number of aryl methyl sites for hydroxylation is 1. The van der Waals surface area contributed by atoms with Crippen LogP contribution in [-0.2, 0) is 0 Å². The van der Waals surface area contributed by atoms with Gasteiger partial charge in [-0.05, 0) is 46.5 Å². The first kappa shape index (κ1) is 13.3. The molecule has 1 aliphatic heterocycles. The SMILES string of the molecule is Cc1cscc1C(Cl)c1cc2c(cc1Br)OCCO2. The highest BCUT2D eigenvalue weighted by atomic mass is 79.9. The fourth-order valence-corrected chi connectivity index (χ4v) is 4.12. The van der Waals surface area contributed by atoms with E-state index in [4.69, 9.17) is 21.1 Å². The van der Waals surface area contributed by atoms with Crippen molar-refractivity contribution in [3.05, 3.63) is 44.1 Å². The second kappa shape index (κ2) is 5.35. The van der Waals surface area contributed by atoms with Gasteiger partial charge in [0.2, 0.25) is 0 Å². The van der Waals surface area contributed by atoms with Crippen LogP contribution in [0.3, 0.4) is 0 Å². The lowest BCUT2D eigenvalue weighted by molar-refractivity contribution is 0.171. The smallest absolute Gasteiger partial charge is 0.162 e. The minimum Gasteiger partial charge on any atom is -0.486 e. The zero-order chi connectivity index (χ0) is 13.4. The number of rotatable bonds is 2. The van der Waals surface area contributed by atoms with Gasteiger partial charge in [0, 0.05) is 4.47 Å². The Balaban J connectivity index is 2.03. The first-order valence-electron chi connectivity index (χ1n) is 5.92. The van der Waals surface area contributed by atoms with Gasteiger partial charge in [-0.2, -0.15) is 11.3 Å². The lowest BCUT2D eigenvalue weighted by atomic mass is 10.0. The van der Waals surface area contributed by atoms with Crippen LogP contribution in [0.2, 0.25) is 0 Å². The molecule has 100 valence electrons. The molecule has 0 saturated heterocycles. The Morgan fingerprint density at radius 3 is 2.47 bits per heavy atom. The summed E-state index contributed by atoms with van der Waals surface area (Å²) < 4.78 is 12.1. The predicted molar refractivity (Wildman–Crippen MR) is 81.9 cm³/mol. The summed E-state index contributed by atoms with van der Waals surface area (Å²) in [5, 5.41) is 4.02. The molecule has 1 aromatic carbocycles.